The summed E-state index contributed by atoms with van der Waals surface area (Å²) in [5.74, 6) is 0.111. The number of anilines is 1. The molecule has 2 fully saturated rings. The first-order valence-corrected chi connectivity index (χ1v) is 11.7. The molecule has 164 valence electrons. The number of rotatable bonds is 5. The summed E-state index contributed by atoms with van der Waals surface area (Å²) in [5.41, 5.74) is 1.21. The molecule has 31 heavy (non-hydrogen) atoms. The van der Waals surface area contributed by atoms with Crippen LogP contribution in [-0.4, -0.2) is 30.0 Å². The summed E-state index contributed by atoms with van der Waals surface area (Å²) in [4.78, 5) is 17.7. The topological polar surface area (TPSA) is 65.5 Å². The molecule has 2 saturated carbocycles. The molecular formula is C23H25Cl3N4O. The Hall–Kier alpha value is -1.79. The molecule has 8 heteroatoms. The molecule has 2 aliphatic rings. The van der Waals surface area contributed by atoms with Gasteiger partial charge >= 0.3 is 0 Å². The van der Waals surface area contributed by atoms with Crippen LogP contribution in [0.15, 0.2) is 47.5 Å². The Bertz CT molecular complexity index is 952. The van der Waals surface area contributed by atoms with E-state index in [0.29, 0.717) is 32.6 Å². The molecule has 0 radical (unpaired) electrons. The van der Waals surface area contributed by atoms with Crippen LogP contribution in [0.4, 0.5) is 5.69 Å². The number of amides is 1. The van der Waals surface area contributed by atoms with Gasteiger partial charge in [0.1, 0.15) is 0 Å². The lowest BCUT2D eigenvalue weighted by Gasteiger charge is -2.27. The van der Waals surface area contributed by atoms with E-state index < -0.39 is 0 Å². The van der Waals surface area contributed by atoms with Gasteiger partial charge in [-0.1, -0.05) is 34.8 Å². The predicted molar refractivity (Wildman–Crippen MR) is 129 cm³/mol. The van der Waals surface area contributed by atoms with Crippen molar-refractivity contribution < 1.29 is 4.79 Å². The molecule has 0 atom stereocenters. The minimum absolute atomic E-state index is 0.154. The number of hydrogen-bond acceptors (Lipinski definition) is 3. The van der Waals surface area contributed by atoms with E-state index in [-0.39, 0.29) is 11.9 Å². The van der Waals surface area contributed by atoms with Crippen molar-refractivity contribution in [1.82, 2.24) is 10.6 Å². The predicted octanol–water partition coefficient (Wildman–Crippen LogP) is 5.91. The second-order valence-electron chi connectivity index (χ2n) is 8.14. The van der Waals surface area contributed by atoms with E-state index in [1.807, 2.05) is 12.1 Å². The molecule has 5 nitrogen and oxygen atoms in total. The van der Waals surface area contributed by atoms with E-state index in [4.69, 9.17) is 39.8 Å². The van der Waals surface area contributed by atoms with E-state index in [0.717, 1.165) is 37.4 Å². The highest BCUT2D eigenvalue weighted by atomic mass is 35.5. The van der Waals surface area contributed by atoms with Gasteiger partial charge in [-0.15, -0.1) is 0 Å². The molecule has 0 aromatic heterocycles. The van der Waals surface area contributed by atoms with Crippen LogP contribution in [0, 0.1) is 0 Å². The summed E-state index contributed by atoms with van der Waals surface area (Å²) < 4.78 is 0. The maximum atomic E-state index is 12.8. The Morgan fingerprint density at radius 1 is 0.839 bits per heavy atom. The fraction of sp³-hybridized carbons (Fsp3) is 0.391. The van der Waals surface area contributed by atoms with E-state index in [1.54, 1.807) is 30.3 Å². The Labute approximate surface area is 197 Å². The fourth-order valence-electron chi connectivity index (χ4n) is 3.72. The maximum absolute atomic E-state index is 12.8. The lowest BCUT2D eigenvalue weighted by molar-refractivity contribution is 0.0976. The number of guanidine groups is 1. The molecule has 0 unspecified atom stereocenters. The molecule has 1 amide bonds. The van der Waals surface area contributed by atoms with Crippen molar-refractivity contribution in [3.05, 3.63) is 63.1 Å². The zero-order chi connectivity index (χ0) is 21.8. The quantitative estimate of drug-likeness (QED) is 0.369. The molecule has 3 N–H and O–H groups in total. The van der Waals surface area contributed by atoms with Gasteiger partial charge < -0.3 is 10.6 Å². The smallest absolute Gasteiger partial charge is 0.258 e. The Morgan fingerprint density at radius 3 is 2.10 bits per heavy atom. The van der Waals surface area contributed by atoms with E-state index in [9.17, 15) is 4.79 Å². The van der Waals surface area contributed by atoms with Gasteiger partial charge in [0, 0.05) is 28.4 Å². The SMILES string of the molecule is O=C(NC(=NC1CCC(NC2CC2)CC1)Nc1ccc(Cl)cc1)c1ccc(Cl)c(Cl)c1. The van der Waals surface area contributed by atoms with E-state index in [1.165, 1.54) is 12.8 Å². The van der Waals surface area contributed by atoms with Crippen LogP contribution in [0.2, 0.25) is 15.1 Å². The first-order chi connectivity index (χ1) is 15.0. The number of carbonyl (C=O) groups is 1. The molecule has 0 saturated heterocycles. The summed E-state index contributed by atoms with van der Waals surface area (Å²) in [5, 5.41) is 11.2. The monoisotopic (exact) mass is 478 g/mol. The third-order valence-corrected chi connectivity index (χ3v) is 6.57. The van der Waals surface area contributed by atoms with Gasteiger partial charge in [-0.05, 0) is 81.0 Å². The molecule has 0 spiro atoms. The first kappa shape index (κ1) is 22.4. The van der Waals surface area contributed by atoms with Crippen LogP contribution in [0.5, 0.6) is 0 Å². The van der Waals surface area contributed by atoms with Gasteiger partial charge in [-0.2, -0.15) is 0 Å². The lowest BCUT2D eigenvalue weighted by atomic mass is 9.91. The number of aliphatic imine (C=N–C) groups is 1. The fourth-order valence-corrected chi connectivity index (χ4v) is 4.14. The van der Waals surface area contributed by atoms with Crippen LogP contribution in [0.3, 0.4) is 0 Å². The van der Waals surface area contributed by atoms with Crippen molar-refractivity contribution in [2.45, 2.75) is 56.7 Å². The maximum Gasteiger partial charge on any atom is 0.258 e. The number of benzene rings is 2. The summed E-state index contributed by atoms with van der Waals surface area (Å²) in [6.45, 7) is 0. The number of halogens is 3. The summed E-state index contributed by atoms with van der Waals surface area (Å²) in [7, 11) is 0. The number of nitrogens with zero attached hydrogens (tertiary/aromatic N) is 1. The average Bonchev–Trinajstić information content (AvgIpc) is 3.57. The molecule has 0 bridgehead atoms. The minimum Gasteiger partial charge on any atom is -0.326 e. The molecular weight excluding hydrogens is 455 g/mol. The van der Waals surface area contributed by atoms with Crippen molar-refractivity contribution in [2.75, 3.05) is 5.32 Å². The highest BCUT2D eigenvalue weighted by Gasteiger charge is 2.28. The van der Waals surface area contributed by atoms with Gasteiger partial charge in [0.15, 0.2) is 0 Å². The summed E-state index contributed by atoms with van der Waals surface area (Å²) >= 11 is 18.0. The normalized spacial score (nSPS) is 21.6. The third kappa shape index (κ3) is 6.59. The Balaban J connectivity index is 1.46. The first-order valence-electron chi connectivity index (χ1n) is 10.6. The Kier molecular flexibility index (Phi) is 7.39. The van der Waals surface area contributed by atoms with Gasteiger partial charge in [0.2, 0.25) is 5.96 Å². The van der Waals surface area contributed by atoms with Crippen LogP contribution in [-0.2, 0) is 0 Å². The van der Waals surface area contributed by atoms with E-state index in [2.05, 4.69) is 16.0 Å². The molecule has 0 heterocycles. The van der Waals surface area contributed by atoms with Crippen molar-refractivity contribution in [3.63, 3.8) is 0 Å². The van der Waals surface area contributed by atoms with E-state index >= 15 is 0 Å². The van der Waals surface area contributed by atoms with Crippen LogP contribution >= 0.6 is 34.8 Å². The number of hydrogen-bond donors (Lipinski definition) is 3. The van der Waals surface area contributed by atoms with Crippen LogP contribution in [0.1, 0.15) is 48.9 Å². The Morgan fingerprint density at radius 2 is 1.48 bits per heavy atom. The molecule has 2 aromatic rings. The molecule has 2 aromatic carbocycles. The second-order valence-corrected chi connectivity index (χ2v) is 9.39. The van der Waals surface area contributed by atoms with Gasteiger partial charge in [0.05, 0.1) is 16.1 Å². The lowest BCUT2D eigenvalue weighted by Crippen LogP contribution is -2.39. The van der Waals surface area contributed by atoms with Gasteiger partial charge in [0.25, 0.3) is 5.91 Å². The highest BCUT2D eigenvalue weighted by Crippen LogP contribution is 2.27. The zero-order valence-electron chi connectivity index (χ0n) is 17.0. The third-order valence-electron chi connectivity index (χ3n) is 5.58. The van der Waals surface area contributed by atoms with Gasteiger partial charge in [-0.25, -0.2) is 4.99 Å². The summed E-state index contributed by atoms with van der Waals surface area (Å²) in [6.07, 6.45) is 6.76. The van der Waals surface area contributed by atoms with Crippen LogP contribution < -0.4 is 16.0 Å². The molecule has 0 aliphatic heterocycles. The zero-order valence-corrected chi connectivity index (χ0v) is 19.3. The molecule has 4 rings (SSSR count). The highest BCUT2D eigenvalue weighted by molar-refractivity contribution is 6.42. The van der Waals surface area contributed by atoms with Gasteiger partial charge in [-0.3, -0.25) is 10.1 Å². The standard InChI is InChI=1S/C23H25Cl3N4O/c24-15-2-4-18(5-3-15)28-23(30-22(31)14-1-12-20(25)21(26)13-14)29-19-10-8-17(9-11-19)27-16-6-7-16/h1-5,12-13,16-17,19,27H,6-11H2,(H2,28,29,30,31). The van der Waals surface area contributed by atoms with Crippen molar-refractivity contribution in [3.8, 4) is 0 Å². The van der Waals surface area contributed by atoms with Crippen molar-refractivity contribution in [1.29, 1.82) is 0 Å². The second kappa shape index (κ2) is 10.2. The molecule has 2 aliphatic carbocycles. The average molecular weight is 480 g/mol. The number of nitrogens with one attached hydrogen (secondary N) is 3. The number of carbonyl (C=O) groups excluding carboxylic acids is 1. The summed E-state index contributed by atoms with van der Waals surface area (Å²) in [6, 6.07) is 13.5. The largest absolute Gasteiger partial charge is 0.326 e. The van der Waals surface area contributed by atoms with Crippen LogP contribution in [0.25, 0.3) is 0 Å². The minimum atomic E-state index is -0.303. The van der Waals surface area contributed by atoms with Crippen molar-refractivity contribution >= 4 is 52.4 Å². The van der Waals surface area contributed by atoms with Crippen molar-refractivity contribution in [2.24, 2.45) is 4.99 Å².